The van der Waals surface area contributed by atoms with Crippen molar-refractivity contribution in [3.63, 3.8) is 0 Å². The Morgan fingerprint density at radius 3 is 2.88 bits per heavy atom. The summed E-state index contributed by atoms with van der Waals surface area (Å²) in [5.74, 6) is -0.335. The molecule has 0 saturated heterocycles. The van der Waals surface area contributed by atoms with Crippen LogP contribution in [0.4, 0.5) is 10.1 Å². The van der Waals surface area contributed by atoms with Gasteiger partial charge in [0.1, 0.15) is 5.82 Å². The molecule has 0 amide bonds. The number of hydrogen-bond donors (Lipinski definition) is 3. The number of hydrogen-bond acceptors (Lipinski definition) is 2. The van der Waals surface area contributed by atoms with Crippen LogP contribution < -0.4 is 10.6 Å². The van der Waals surface area contributed by atoms with E-state index in [0.717, 1.165) is 5.69 Å². The second-order valence-electron chi connectivity index (χ2n) is 3.37. The van der Waals surface area contributed by atoms with Crippen LogP contribution >= 0.6 is 12.2 Å². The zero-order chi connectivity index (χ0) is 12.1. The number of benzene rings is 1. The Bertz CT molecular complexity index is 498. The molecular formula is C11H11FN4S. The Balaban J connectivity index is 1.87. The SMILES string of the molecule is Fc1ccccc1NC(=S)NCc1ccn[nH]1. The molecule has 88 valence electrons. The van der Waals surface area contributed by atoms with Crippen molar-refractivity contribution in [1.82, 2.24) is 15.5 Å². The lowest BCUT2D eigenvalue weighted by Crippen LogP contribution is -2.28. The Kier molecular flexibility index (Phi) is 3.66. The zero-order valence-corrected chi connectivity index (χ0v) is 9.72. The van der Waals surface area contributed by atoms with E-state index in [1.807, 2.05) is 6.07 Å². The first kappa shape index (κ1) is 11.5. The molecule has 0 unspecified atom stereocenters. The van der Waals surface area contributed by atoms with E-state index in [4.69, 9.17) is 12.2 Å². The molecule has 0 saturated carbocycles. The molecule has 0 spiro atoms. The Morgan fingerprint density at radius 1 is 1.35 bits per heavy atom. The van der Waals surface area contributed by atoms with Crippen molar-refractivity contribution in [2.75, 3.05) is 5.32 Å². The van der Waals surface area contributed by atoms with E-state index < -0.39 is 0 Å². The number of para-hydroxylation sites is 1. The van der Waals surface area contributed by atoms with Crippen molar-refractivity contribution >= 4 is 23.0 Å². The maximum absolute atomic E-state index is 13.3. The molecule has 2 rings (SSSR count). The molecule has 2 aromatic rings. The van der Waals surface area contributed by atoms with E-state index in [9.17, 15) is 4.39 Å². The molecule has 0 bridgehead atoms. The van der Waals surface area contributed by atoms with Crippen molar-refractivity contribution in [1.29, 1.82) is 0 Å². The molecule has 3 N–H and O–H groups in total. The summed E-state index contributed by atoms with van der Waals surface area (Å²) >= 11 is 5.05. The van der Waals surface area contributed by atoms with Crippen LogP contribution in [0.5, 0.6) is 0 Å². The number of aromatic nitrogens is 2. The molecule has 0 aliphatic carbocycles. The predicted octanol–water partition coefficient (Wildman–Crippen LogP) is 2.04. The van der Waals surface area contributed by atoms with E-state index in [0.29, 0.717) is 17.3 Å². The van der Waals surface area contributed by atoms with Gasteiger partial charge in [0.2, 0.25) is 0 Å². The molecule has 0 fully saturated rings. The van der Waals surface area contributed by atoms with Crippen LogP contribution in [0, 0.1) is 5.82 Å². The van der Waals surface area contributed by atoms with Crippen molar-refractivity contribution < 1.29 is 4.39 Å². The molecule has 17 heavy (non-hydrogen) atoms. The fourth-order valence-electron chi connectivity index (χ4n) is 1.29. The second kappa shape index (κ2) is 5.40. The van der Waals surface area contributed by atoms with Crippen LogP contribution in [-0.2, 0) is 6.54 Å². The monoisotopic (exact) mass is 250 g/mol. The van der Waals surface area contributed by atoms with Crippen molar-refractivity contribution in [2.45, 2.75) is 6.54 Å². The third kappa shape index (κ3) is 3.25. The van der Waals surface area contributed by atoms with Gasteiger partial charge in [0.15, 0.2) is 5.11 Å². The van der Waals surface area contributed by atoms with Crippen molar-refractivity contribution in [3.8, 4) is 0 Å². The summed E-state index contributed by atoms with van der Waals surface area (Å²) in [7, 11) is 0. The quantitative estimate of drug-likeness (QED) is 0.730. The number of anilines is 1. The minimum absolute atomic E-state index is 0.335. The first-order valence-electron chi connectivity index (χ1n) is 5.03. The topological polar surface area (TPSA) is 52.7 Å². The molecule has 1 aromatic heterocycles. The highest BCUT2D eigenvalue weighted by atomic mass is 32.1. The van der Waals surface area contributed by atoms with Gasteiger partial charge in [0.05, 0.1) is 17.9 Å². The maximum atomic E-state index is 13.3. The lowest BCUT2D eigenvalue weighted by Gasteiger charge is -2.10. The summed E-state index contributed by atoms with van der Waals surface area (Å²) in [6.07, 6.45) is 1.66. The highest BCUT2D eigenvalue weighted by molar-refractivity contribution is 7.80. The fourth-order valence-corrected chi connectivity index (χ4v) is 1.47. The summed E-state index contributed by atoms with van der Waals surface area (Å²) < 4.78 is 13.3. The van der Waals surface area contributed by atoms with Crippen LogP contribution in [0.25, 0.3) is 0 Å². The van der Waals surface area contributed by atoms with E-state index in [-0.39, 0.29) is 5.82 Å². The van der Waals surface area contributed by atoms with E-state index in [1.54, 1.807) is 24.4 Å². The smallest absolute Gasteiger partial charge is 0.171 e. The number of rotatable bonds is 3. The summed E-state index contributed by atoms with van der Waals surface area (Å²) in [4.78, 5) is 0. The standard InChI is InChI=1S/C11H11FN4S/c12-9-3-1-2-4-10(9)15-11(17)13-7-8-5-6-14-16-8/h1-6H,7H2,(H,14,16)(H2,13,15,17). The number of nitrogens with one attached hydrogen (secondary N) is 3. The Labute approximate surface area is 103 Å². The van der Waals surface area contributed by atoms with E-state index in [1.165, 1.54) is 6.07 Å². The second-order valence-corrected chi connectivity index (χ2v) is 3.78. The van der Waals surface area contributed by atoms with Crippen LogP contribution in [-0.4, -0.2) is 15.3 Å². The zero-order valence-electron chi connectivity index (χ0n) is 8.90. The van der Waals surface area contributed by atoms with Gasteiger partial charge in [-0.3, -0.25) is 5.10 Å². The van der Waals surface area contributed by atoms with E-state index >= 15 is 0 Å². The molecule has 1 heterocycles. The largest absolute Gasteiger partial charge is 0.357 e. The molecular weight excluding hydrogens is 239 g/mol. The number of H-pyrrole nitrogens is 1. The average Bonchev–Trinajstić information content (AvgIpc) is 2.82. The summed E-state index contributed by atoms with van der Waals surface area (Å²) in [5, 5.41) is 12.7. The lowest BCUT2D eigenvalue weighted by molar-refractivity contribution is 0.632. The maximum Gasteiger partial charge on any atom is 0.171 e. The Hall–Kier alpha value is -1.95. The molecule has 0 atom stereocenters. The van der Waals surface area contributed by atoms with Crippen LogP contribution in [0.1, 0.15) is 5.69 Å². The first-order valence-corrected chi connectivity index (χ1v) is 5.44. The van der Waals surface area contributed by atoms with Gasteiger partial charge < -0.3 is 10.6 Å². The molecule has 0 aliphatic heterocycles. The number of nitrogens with zero attached hydrogens (tertiary/aromatic N) is 1. The van der Waals surface area contributed by atoms with E-state index in [2.05, 4.69) is 20.8 Å². The van der Waals surface area contributed by atoms with Crippen LogP contribution in [0.15, 0.2) is 36.5 Å². The van der Waals surface area contributed by atoms with Gasteiger partial charge in [-0.15, -0.1) is 0 Å². The van der Waals surface area contributed by atoms with Crippen LogP contribution in [0.2, 0.25) is 0 Å². The molecule has 6 heteroatoms. The van der Waals surface area contributed by atoms with Gasteiger partial charge in [-0.05, 0) is 30.4 Å². The highest BCUT2D eigenvalue weighted by Gasteiger charge is 2.02. The van der Waals surface area contributed by atoms with Gasteiger partial charge in [0, 0.05) is 6.20 Å². The predicted molar refractivity (Wildman–Crippen MR) is 68.0 cm³/mol. The molecule has 0 aliphatic rings. The van der Waals surface area contributed by atoms with Crippen molar-refractivity contribution in [2.24, 2.45) is 0 Å². The molecule has 1 aromatic carbocycles. The third-order valence-corrected chi connectivity index (χ3v) is 2.37. The number of aromatic amines is 1. The summed E-state index contributed by atoms with van der Waals surface area (Å²) in [6, 6.07) is 8.20. The minimum atomic E-state index is -0.335. The normalized spacial score (nSPS) is 9.94. The minimum Gasteiger partial charge on any atom is -0.357 e. The fraction of sp³-hybridized carbons (Fsp3) is 0.0909. The number of thiocarbonyl (C=S) groups is 1. The molecule has 0 radical (unpaired) electrons. The highest BCUT2D eigenvalue weighted by Crippen LogP contribution is 2.11. The van der Waals surface area contributed by atoms with Gasteiger partial charge in [-0.1, -0.05) is 12.1 Å². The summed E-state index contributed by atoms with van der Waals surface area (Å²) in [5.41, 5.74) is 1.26. The first-order chi connectivity index (χ1) is 8.25. The van der Waals surface area contributed by atoms with Gasteiger partial charge in [-0.25, -0.2) is 4.39 Å². The van der Waals surface area contributed by atoms with Gasteiger partial charge >= 0.3 is 0 Å². The number of halogens is 1. The Morgan fingerprint density at radius 2 is 2.18 bits per heavy atom. The lowest BCUT2D eigenvalue weighted by atomic mass is 10.3. The average molecular weight is 250 g/mol. The third-order valence-electron chi connectivity index (χ3n) is 2.12. The summed E-state index contributed by atoms with van der Waals surface area (Å²) in [6.45, 7) is 0.514. The van der Waals surface area contributed by atoms with Crippen LogP contribution in [0.3, 0.4) is 0 Å². The van der Waals surface area contributed by atoms with Gasteiger partial charge in [0.25, 0.3) is 0 Å². The molecule has 4 nitrogen and oxygen atoms in total. The van der Waals surface area contributed by atoms with Crippen molar-refractivity contribution in [3.05, 3.63) is 48.0 Å². The van der Waals surface area contributed by atoms with Gasteiger partial charge in [-0.2, -0.15) is 5.10 Å².